The molecule has 0 aromatic heterocycles. The molecule has 4 rings (SSSR count). The molecule has 2 aromatic rings. The molecule has 2 aliphatic rings. The lowest BCUT2D eigenvalue weighted by Gasteiger charge is -2.40. The van der Waals surface area contributed by atoms with E-state index in [1.54, 1.807) is 31.7 Å². The maximum atomic E-state index is 13.3. The lowest BCUT2D eigenvalue weighted by molar-refractivity contribution is -0.156. The van der Waals surface area contributed by atoms with Crippen LogP contribution in [0.5, 0.6) is 0 Å². The van der Waals surface area contributed by atoms with Crippen LogP contribution in [0.15, 0.2) is 48.5 Å². The number of rotatable bonds is 2. The number of para-hydroxylation sites is 1. The van der Waals surface area contributed by atoms with E-state index in [0.717, 1.165) is 5.56 Å². The van der Waals surface area contributed by atoms with Gasteiger partial charge in [0.1, 0.15) is 11.0 Å². The van der Waals surface area contributed by atoms with Crippen LogP contribution < -0.4 is 4.90 Å². The SMILES string of the molecule is CC(C)(C)OC(=O)C[C@@]1(C#N)c2ccccc2N2C(=O)c3ccccc3[C@]21C. The van der Waals surface area contributed by atoms with Gasteiger partial charge in [0.25, 0.3) is 5.91 Å². The molecule has 2 aliphatic heterocycles. The van der Waals surface area contributed by atoms with E-state index < -0.39 is 22.5 Å². The first-order chi connectivity index (χ1) is 13.2. The van der Waals surface area contributed by atoms with Crippen LogP contribution in [0, 0.1) is 11.3 Å². The molecule has 0 fully saturated rings. The van der Waals surface area contributed by atoms with Crippen LogP contribution in [0.4, 0.5) is 5.69 Å². The van der Waals surface area contributed by atoms with Crippen LogP contribution in [-0.4, -0.2) is 17.5 Å². The zero-order valence-corrected chi connectivity index (χ0v) is 16.4. The van der Waals surface area contributed by atoms with Crippen molar-refractivity contribution in [1.82, 2.24) is 0 Å². The maximum Gasteiger partial charge on any atom is 0.308 e. The molecule has 0 saturated heterocycles. The van der Waals surface area contributed by atoms with E-state index in [1.165, 1.54) is 0 Å². The molecule has 0 radical (unpaired) electrons. The van der Waals surface area contributed by atoms with Crippen LogP contribution in [-0.2, 0) is 20.5 Å². The van der Waals surface area contributed by atoms with Crippen LogP contribution in [0.2, 0.25) is 0 Å². The molecule has 0 bridgehead atoms. The lowest BCUT2D eigenvalue weighted by atomic mass is 9.64. The van der Waals surface area contributed by atoms with Crippen molar-refractivity contribution in [3.05, 3.63) is 65.2 Å². The van der Waals surface area contributed by atoms with Crippen molar-refractivity contribution in [1.29, 1.82) is 5.26 Å². The Morgan fingerprint density at radius 1 is 1.11 bits per heavy atom. The van der Waals surface area contributed by atoms with Crippen LogP contribution in [0.25, 0.3) is 0 Å². The number of hydrogen-bond acceptors (Lipinski definition) is 4. The zero-order chi connectivity index (χ0) is 20.3. The van der Waals surface area contributed by atoms with Crippen molar-refractivity contribution in [2.75, 3.05) is 4.90 Å². The molecule has 0 N–H and O–H groups in total. The summed E-state index contributed by atoms with van der Waals surface area (Å²) in [6.07, 6.45) is -0.133. The molecule has 0 unspecified atom stereocenters. The largest absolute Gasteiger partial charge is 0.460 e. The second-order valence-electron chi connectivity index (χ2n) is 8.56. The van der Waals surface area contributed by atoms with Crippen molar-refractivity contribution < 1.29 is 14.3 Å². The molecule has 1 amide bonds. The average molecular weight is 374 g/mol. The van der Waals surface area contributed by atoms with Gasteiger partial charge in [0, 0.05) is 11.3 Å². The Bertz CT molecular complexity index is 1050. The summed E-state index contributed by atoms with van der Waals surface area (Å²) in [4.78, 5) is 27.8. The second kappa shape index (κ2) is 5.68. The number of nitrogens with zero attached hydrogens (tertiary/aromatic N) is 2. The Morgan fingerprint density at radius 3 is 2.36 bits per heavy atom. The van der Waals surface area contributed by atoms with Crippen LogP contribution in [0.3, 0.4) is 0 Å². The summed E-state index contributed by atoms with van der Waals surface area (Å²) < 4.78 is 5.56. The van der Waals surface area contributed by atoms with Crippen molar-refractivity contribution in [3.63, 3.8) is 0 Å². The fourth-order valence-corrected chi connectivity index (χ4v) is 4.67. The van der Waals surface area contributed by atoms with Gasteiger partial charge in [-0.1, -0.05) is 36.4 Å². The van der Waals surface area contributed by atoms with Gasteiger partial charge in [-0.05, 0) is 51.0 Å². The number of ether oxygens (including phenoxy) is 1. The summed E-state index contributed by atoms with van der Waals surface area (Å²) in [5.74, 6) is -0.601. The number of hydrogen-bond donors (Lipinski definition) is 0. The number of esters is 1. The number of anilines is 1. The minimum Gasteiger partial charge on any atom is -0.460 e. The number of benzene rings is 2. The minimum absolute atomic E-state index is 0.133. The highest BCUT2D eigenvalue weighted by atomic mass is 16.6. The average Bonchev–Trinajstić information content (AvgIpc) is 3.00. The fourth-order valence-electron chi connectivity index (χ4n) is 4.67. The van der Waals surface area contributed by atoms with E-state index in [-0.39, 0.29) is 12.3 Å². The second-order valence-corrected chi connectivity index (χ2v) is 8.56. The molecule has 28 heavy (non-hydrogen) atoms. The van der Waals surface area contributed by atoms with Crippen molar-refractivity contribution in [3.8, 4) is 6.07 Å². The minimum atomic E-state index is -1.24. The summed E-state index contributed by atoms with van der Waals surface area (Å²) in [5.41, 5.74) is -0.185. The third-order valence-corrected chi connectivity index (χ3v) is 5.79. The predicted molar refractivity (Wildman–Crippen MR) is 105 cm³/mol. The number of carbonyl (C=O) groups excluding carboxylic acids is 2. The number of amides is 1. The van der Waals surface area contributed by atoms with Crippen molar-refractivity contribution in [2.45, 2.75) is 50.7 Å². The van der Waals surface area contributed by atoms with E-state index >= 15 is 0 Å². The topological polar surface area (TPSA) is 70.4 Å². The molecule has 5 heteroatoms. The smallest absolute Gasteiger partial charge is 0.308 e. The molecular formula is C23H22N2O3. The molecule has 2 atom stereocenters. The third-order valence-electron chi connectivity index (χ3n) is 5.79. The Labute approximate surface area is 164 Å². The van der Waals surface area contributed by atoms with E-state index in [0.29, 0.717) is 16.8 Å². The van der Waals surface area contributed by atoms with Gasteiger partial charge in [0.2, 0.25) is 0 Å². The van der Waals surface area contributed by atoms with Gasteiger partial charge in [0.05, 0.1) is 18.0 Å². The van der Waals surface area contributed by atoms with Gasteiger partial charge in [-0.15, -0.1) is 0 Å². The van der Waals surface area contributed by atoms with Gasteiger partial charge in [-0.2, -0.15) is 5.26 Å². The summed E-state index contributed by atoms with van der Waals surface area (Å²) in [6, 6.07) is 17.1. The van der Waals surface area contributed by atoms with Gasteiger partial charge < -0.3 is 4.74 Å². The highest BCUT2D eigenvalue weighted by Crippen LogP contribution is 2.62. The molecule has 2 heterocycles. The highest BCUT2D eigenvalue weighted by Gasteiger charge is 2.67. The van der Waals surface area contributed by atoms with Gasteiger partial charge in [-0.25, -0.2) is 0 Å². The summed E-state index contributed by atoms with van der Waals surface area (Å²) in [6.45, 7) is 7.28. The van der Waals surface area contributed by atoms with Crippen LogP contribution >= 0.6 is 0 Å². The molecule has 0 aliphatic carbocycles. The molecule has 2 aromatic carbocycles. The molecular weight excluding hydrogens is 352 g/mol. The first-order valence-corrected chi connectivity index (χ1v) is 9.32. The van der Waals surface area contributed by atoms with E-state index in [1.807, 2.05) is 49.4 Å². The van der Waals surface area contributed by atoms with Gasteiger partial charge in [0.15, 0.2) is 0 Å². The normalized spacial score (nSPS) is 25.0. The van der Waals surface area contributed by atoms with Crippen LogP contribution in [0.1, 0.15) is 55.6 Å². The first-order valence-electron chi connectivity index (χ1n) is 9.32. The Balaban J connectivity index is 1.96. The van der Waals surface area contributed by atoms with Gasteiger partial charge in [-0.3, -0.25) is 14.5 Å². The summed E-state index contributed by atoms with van der Waals surface area (Å²) >= 11 is 0. The first kappa shape index (κ1) is 18.2. The summed E-state index contributed by atoms with van der Waals surface area (Å²) in [7, 11) is 0. The van der Waals surface area contributed by atoms with E-state index in [4.69, 9.17) is 4.74 Å². The van der Waals surface area contributed by atoms with Crippen molar-refractivity contribution >= 4 is 17.6 Å². The quantitative estimate of drug-likeness (QED) is 0.743. The maximum absolute atomic E-state index is 13.3. The van der Waals surface area contributed by atoms with Crippen molar-refractivity contribution in [2.24, 2.45) is 0 Å². The predicted octanol–water partition coefficient (Wildman–Crippen LogP) is 4.07. The Kier molecular flexibility index (Phi) is 3.70. The summed E-state index contributed by atoms with van der Waals surface area (Å²) in [5, 5.41) is 10.4. The van der Waals surface area contributed by atoms with E-state index in [9.17, 15) is 14.9 Å². The van der Waals surface area contributed by atoms with Gasteiger partial charge >= 0.3 is 5.97 Å². The monoisotopic (exact) mass is 374 g/mol. The standard InChI is InChI=1S/C23H22N2O3/c1-21(2,3)28-19(26)13-23(14-24)17-11-7-8-12-18(17)25-20(27)15-9-5-6-10-16(15)22(23,25)4/h5-12H,13H2,1-4H3/t22-,23+/m0/s1. The lowest BCUT2D eigenvalue weighted by Crippen LogP contribution is -2.52. The third kappa shape index (κ3) is 2.18. The number of nitriles is 1. The molecule has 0 saturated carbocycles. The number of fused-ring (bicyclic) bond motifs is 5. The number of carbonyl (C=O) groups is 2. The fraction of sp³-hybridized carbons (Fsp3) is 0.348. The molecule has 0 spiro atoms. The Hall–Kier alpha value is -3.13. The van der Waals surface area contributed by atoms with E-state index in [2.05, 4.69) is 6.07 Å². The molecule has 5 nitrogen and oxygen atoms in total. The molecule has 142 valence electrons. The zero-order valence-electron chi connectivity index (χ0n) is 16.4. The highest BCUT2D eigenvalue weighted by molar-refractivity contribution is 6.14. The Morgan fingerprint density at radius 2 is 1.71 bits per heavy atom.